The molecule has 0 aliphatic carbocycles. The average Bonchev–Trinajstić information content (AvgIpc) is 2.21. The van der Waals surface area contributed by atoms with Crippen molar-refractivity contribution in [2.24, 2.45) is 0 Å². The summed E-state index contributed by atoms with van der Waals surface area (Å²) in [7, 11) is 5.64. The van der Waals surface area contributed by atoms with Gasteiger partial charge in [-0.2, -0.15) is 0 Å². The number of amides is 1. The maximum Gasteiger partial charge on any atom is 0.236 e. The topological polar surface area (TPSA) is 23.6 Å². The fourth-order valence-electron chi connectivity index (χ4n) is 1.57. The highest BCUT2D eigenvalue weighted by Crippen LogP contribution is 2.17. The average molecular weight is 299 g/mol. The summed E-state index contributed by atoms with van der Waals surface area (Å²) in [6, 6.07) is 6.13. The van der Waals surface area contributed by atoms with Crippen molar-refractivity contribution in [3.05, 3.63) is 33.8 Å². The highest BCUT2D eigenvalue weighted by molar-refractivity contribution is 9.10. The molecule has 0 heterocycles. The van der Waals surface area contributed by atoms with Crippen LogP contribution in [0.25, 0.3) is 0 Å². The molecular weight excluding hydrogens is 280 g/mol. The van der Waals surface area contributed by atoms with Crippen molar-refractivity contribution >= 4 is 21.8 Å². The number of hydrogen-bond donors (Lipinski definition) is 0. The Morgan fingerprint density at radius 1 is 1.29 bits per heavy atom. The Hall–Kier alpha value is -0.870. The van der Waals surface area contributed by atoms with Gasteiger partial charge < -0.3 is 9.80 Å². The van der Waals surface area contributed by atoms with Crippen LogP contribution in [0.5, 0.6) is 0 Å². The van der Waals surface area contributed by atoms with Gasteiger partial charge >= 0.3 is 0 Å². The molecular formula is C13H19BrN2O. The lowest BCUT2D eigenvalue weighted by Crippen LogP contribution is -2.34. The number of nitrogens with zero attached hydrogens (tertiary/aromatic N) is 2. The summed E-state index contributed by atoms with van der Waals surface area (Å²) >= 11 is 3.44. The van der Waals surface area contributed by atoms with E-state index in [1.165, 1.54) is 11.1 Å². The van der Waals surface area contributed by atoms with Crippen LogP contribution in [-0.2, 0) is 11.3 Å². The van der Waals surface area contributed by atoms with Gasteiger partial charge in [0.15, 0.2) is 0 Å². The Labute approximate surface area is 112 Å². The van der Waals surface area contributed by atoms with Crippen molar-refractivity contribution in [2.75, 3.05) is 27.7 Å². The first-order valence-electron chi connectivity index (χ1n) is 5.54. The molecule has 17 heavy (non-hydrogen) atoms. The van der Waals surface area contributed by atoms with E-state index in [-0.39, 0.29) is 5.91 Å². The van der Waals surface area contributed by atoms with Gasteiger partial charge in [0.1, 0.15) is 0 Å². The number of likely N-dealkylation sites (N-methyl/N-ethyl adjacent to an activating group) is 2. The summed E-state index contributed by atoms with van der Waals surface area (Å²) in [6.45, 7) is 3.17. The second-order valence-corrected chi connectivity index (χ2v) is 5.47. The first-order chi connectivity index (χ1) is 7.90. The van der Waals surface area contributed by atoms with Crippen LogP contribution in [0, 0.1) is 6.92 Å². The molecule has 1 rings (SSSR count). The summed E-state index contributed by atoms with van der Waals surface area (Å²) in [6.07, 6.45) is 0. The van der Waals surface area contributed by atoms with Crippen molar-refractivity contribution in [3.63, 3.8) is 0 Å². The number of carbonyl (C=O) groups excluding carboxylic acids is 1. The minimum Gasteiger partial charge on any atom is -0.340 e. The third-order valence-electron chi connectivity index (χ3n) is 2.59. The molecule has 0 spiro atoms. The second kappa shape index (κ2) is 6.17. The fourth-order valence-corrected chi connectivity index (χ4v) is 2.05. The first-order valence-corrected chi connectivity index (χ1v) is 6.33. The molecule has 0 bridgehead atoms. The number of carbonyl (C=O) groups is 1. The smallest absolute Gasteiger partial charge is 0.236 e. The third-order valence-corrected chi connectivity index (χ3v) is 3.08. The monoisotopic (exact) mass is 298 g/mol. The van der Waals surface area contributed by atoms with E-state index in [9.17, 15) is 4.79 Å². The van der Waals surface area contributed by atoms with Crippen LogP contribution in [0.2, 0.25) is 0 Å². The quantitative estimate of drug-likeness (QED) is 0.851. The van der Waals surface area contributed by atoms with Crippen molar-refractivity contribution in [2.45, 2.75) is 13.5 Å². The Morgan fingerprint density at radius 2 is 1.94 bits per heavy atom. The third kappa shape index (κ3) is 4.48. The largest absolute Gasteiger partial charge is 0.340 e. The summed E-state index contributed by atoms with van der Waals surface area (Å²) < 4.78 is 1.07. The molecule has 0 aromatic heterocycles. The van der Waals surface area contributed by atoms with Gasteiger partial charge in [0.2, 0.25) is 5.91 Å². The minimum absolute atomic E-state index is 0.136. The van der Waals surface area contributed by atoms with Crippen LogP contribution in [-0.4, -0.2) is 43.4 Å². The standard InChI is InChI=1S/C13H19BrN2O/c1-10-7-12(14)6-5-11(10)8-16(4)13(17)9-15(2)3/h5-7H,8-9H2,1-4H3. The lowest BCUT2D eigenvalue weighted by atomic mass is 10.1. The van der Waals surface area contributed by atoms with Gasteiger partial charge in [-0.05, 0) is 44.3 Å². The van der Waals surface area contributed by atoms with Gasteiger partial charge in [-0.1, -0.05) is 22.0 Å². The summed E-state index contributed by atoms with van der Waals surface area (Å²) in [5.74, 6) is 0.136. The van der Waals surface area contributed by atoms with Crippen molar-refractivity contribution in [1.29, 1.82) is 0 Å². The van der Waals surface area contributed by atoms with Crippen LogP contribution in [0.1, 0.15) is 11.1 Å². The number of hydrogen-bond acceptors (Lipinski definition) is 2. The van der Waals surface area contributed by atoms with Gasteiger partial charge in [0.05, 0.1) is 6.54 Å². The van der Waals surface area contributed by atoms with E-state index in [4.69, 9.17) is 0 Å². The summed E-state index contributed by atoms with van der Waals surface area (Å²) in [4.78, 5) is 15.5. The Balaban J connectivity index is 2.67. The maximum atomic E-state index is 11.8. The van der Waals surface area contributed by atoms with E-state index in [0.717, 1.165) is 4.47 Å². The number of halogens is 1. The van der Waals surface area contributed by atoms with Crippen LogP contribution in [0.4, 0.5) is 0 Å². The molecule has 1 aromatic rings. The van der Waals surface area contributed by atoms with Crippen LogP contribution >= 0.6 is 15.9 Å². The molecule has 3 nitrogen and oxygen atoms in total. The normalized spacial score (nSPS) is 10.7. The van der Waals surface area contributed by atoms with Crippen LogP contribution in [0.15, 0.2) is 22.7 Å². The molecule has 0 unspecified atom stereocenters. The van der Waals surface area contributed by atoms with Gasteiger partial charge in [0, 0.05) is 18.1 Å². The minimum atomic E-state index is 0.136. The van der Waals surface area contributed by atoms with Gasteiger partial charge in [0.25, 0.3) is 0 Å². The molecule has 0 aliphatic rings. The molecule has 0 aliphatic heterocycles. The first kappa shape index (κ1) is 14.2. The van der Waals surface area contributed by atoms with E-state index in [1.54, 1.807) is 4.90 Å². The van der Waals surface area contributed by atoms with Gasteiger partial charge in [-0.25, -0.2) is 0 Å². The molecule has 0 saturated heterocycles. The van der Waals surface area contributed by atoms with Crippen LogP contribution in [0.3, 0.4) is 0 Å². The zero-order chi connectivity index (χ0) is 13.0. The van der Waals surface area contributed by atoms with Gasteiger partial charge in [-0.15, -0.1) is 0 Å². The Kier molecular flexibility index (Phi) is 5.15. The summed E-state index contributed by atoms with van der Waals surface area (Å²) in [5, 5.41) is 0. The maximum absolute atomic E-state index is 11.8. The number of aryl methyl sites for hydroxylation is 1. The Bertz CT molecular complexity index is 404. The predicted molar refractivity (Wildman–Crippen MR) is 73.9 cm³/mol. The highest BCUT2D eigenvalue weighted by Gasteiger charge is 2.11. The van der Waals surface area contributed by atoms with Gasteiger partial charge in [-0.3, -0.25) is 4.79 Å². The van der Waals surface area contributed by atoms with Crippen LogP contribution < -0.4 is 0 Å². The molecule has 0 radical (unpaired) electrons. The molecule has 1 amide bonds. The van der Waals surface area contributed by atoms with E-state index >= 15 is 0 Å². The van der Waals surface area contributed by atoms with E-state index in [1.807, 2.05) is 32.1 Å². The zero-order valence-corrected chi connectivity index (χ0v) is 12.4. The zero-order valence-electron chi connectivity index (χ0n) is 10.8. The molecule has 94 valence electrons. The molecule has 4 heteroatoms. The second-order valence-electron chi connectivity index (χ2n) is 4.56. The van der Waals surface area contributed by atoms with E-state index in [2.05, 4.69) is 35.0 Å². The lowest BCUT2D eigenvalue weighted by molar-refractivity contribution is -0.131. The van der Waals surface area contributed by atoms with Crippen molar-refractivity contribution in [1.82, 2.24) is 9.80 Å². The van der Waals surface area contributed by atoms with Crippen molar-refractivity contribution in [3.8, 4) is 0 Å². The molecule has 1 aromatic carbocycles. The summed E-state index contributed by atoms with van der Waals surface area (Å²) in [5.41, 5.74) is 2.38. The highest BCUT2D eigenvalue weighted by atomic mass is 79.9. The van der Waals surface area contributed by atoms with E-state index < -0.39 is 0 Å². The molecule has 0 atom stereocenters. The van der Waals surface area contributed by atoms with E-state index in [0.29, 0.717) is 13.1 Å². The number of benzene rings is 1. The number of rotatable bonds is 4. The molecule has 0 fully saturated rings. The molecule has 0 N–H and O–H groups in total. The SMILES string of the molecule is Cc1cc(Br)ccc1CN(C)C(=O)CN(C)C. The lowest BCUT2D eigenvalue weighted by Gasteiger charge is -2.20. The Morgan fingerprint density at radius 3 is 2.47 bits per heavy atom. The van der Waals surface area contributed by atoms with Crippen molar-refractivity contribution < 1.29 is 4.79 Å². The predicted octanol–water partition coefficient (Wildman–Crippen LogP) is 2.28. The molecule has 0 saturated carbocycles. The fraction of sp³-hybridized carbons (Fsp3) is 0.462.